The monoisotopic (exact) mass is 494 g/mol. The number of para-hydroxylation sites is 1. The van der Waals surface area contributed by atoms with Gasteiger partial charge in [0.25, 0.3) is 0 Å². The van der Waals surface area contributed by atoms with E-state index in [-0.39, 0.29) is 11.8 Å². The Hall–Kier alpha value is -3.13. The molecule has 1 aliphatic heterocycles. The molecular formula is C27H31ClN4O3. The molecule has 1 aliphatic rings. The summed E-state index contributed by atoms with van der Waals surface area (Å²) in [6.45, 7) is 7.98. The fourth-order valence-corrected chi connectivity index (χ4v) is 4.31. The second-order valence-corrected chi connectivity index (χ2v) is 9.35. The largest absolute Gasteiger partial charge is 0.459 e. The first-order chi connectivity index (χ1) is 16.9. The van der Waals surface area contributed by atoms with E-state index in [1.165, 1.54) is 0 Å². The van der Waals surface area contributed by atoms with Crippen LogP contribution in [0.15, 0.2) is 59.0 Å². The van der Waals surface area contributed by atoms with E-state index in [4.69, 9.17) is 16.0 Å². The lowest BCUT2D eigenvalue weighted by atomic mass is 10.1. The van der Waals surface area contributed by atoms with Gasteiger partial charge >= 0.3 is 0 Å². The topological polar surface area (TPSA) is 77.8 Å². The van der Waals surface area contributed by atoms with Gasteiger partial charge in [-0.05, 0) is 61.4 Å². The minimum atomic E-state index is -0.0457. The number of rotatable bonds is 8. The van der Waals surface area contributed by atoms with Gasteiger partial charge in [0.1, 0.15) is 11.5 Å². The summed E-state index contributed by atoms with van der Waals surface area (Å²) in [5.41, 5.74) is 3.95. The fraction of sp³-hybridized carbons (Fsp3) is 0.333. The summed E-state index contributed by atoms with van der Waals surface area (Å²) in [5.74, 6) is 1.38. The first kappa shape index (κ1) is 25.0. The molecule has 1 aromatic heterocycles. The number of aryl methyl sites for hydroxylation is 2. The van der Waals surface area contributed by atoms with Crippen LogP contribution in [0.4, 0.5) is 5.69 Å². The highest BCUT2D eigenvalue weighted by molar-refractivity contribution is 6.30. The first-order valence-corrected chi connectivity index (χ1v) is 12.2. The van der Waals surface area contributed by atoms with E-state index in [0.717, 1.165) is 54.3 Å². The SMILES string of the molecule is Cc1cccc(C)c1NC(=O)CN1CCN(CC(=O)NCc2ccc(-c3ccc(Cl)cc3)o2)CC1. The molecular weight excluding hydrogens is 464 g/mol. The van der Waals surface area contributed by atoms with Crippen LogP contribution in [0.2, 0.25) is 5.02 Å². The lowest BCUT2D eigenvalue weighted by Crippen LogP contribution is -2.50. The fourth-order valence-electron chi connectivity index (χ4n) is 4.19. The zero-order valence-corrected chi connectivity index (χ0v) is 20.9. The third kappa shape index (κ3) is 6.94. The second kappa shape index (κ2) is 11.5. The Bertz CT molecular complexity index is 1150. The molecule has 8 heteroatoms. The molecule has 1 saturated heterocycles. The van der Waals surface area contributed by atoms with Crippen LogP contribution < -0.4 is 10.6 Å². The summed E-state index contributed by atoms with van der Waals surface area (Å²) in [6, 6.07) is 17.2. The van der Waals surface area contributed by atoms with Crippen molar-refractivity contribution in [1.29, 1.82) is 0 Å². The molecule has 2 heterocycles. The van der Waals surface area contributed by atoms with E-state index in [1.54, 1.807) is 0 Å². The average Bonchev–Trinajstić information content (AvgIpc) is 3.31. The summed E-state index contributed by atoms with van der Waals surface area (Å²) in [4.78, 5) is 29.2. The van der Waals surface area contributed by atoms with Gasteiger partial charge in [-0.2, -0.15) is 0 Å². The quantitative estimate of drug-likeness (QED) is 0.493. The van der Waals surface area contributed by atoms with E-state index in [9.17, 15) is 9.59 Å². The molecule has 2 aromatic carbocycles. The Morgan fingerprint density at radius 3 is 2.09 bits per heavy atom. The van der Waals surface area contributed by atoms with Crippen molar-refractivity contribution in [3.8, 4) is 11.3 Å². The van der Waals surface area contributed by atoms with E-state index in [1.807, 2.05) is 68.4 Å². The smallest absolute Gasteiger partial charge is 0.238 e. The molecule has 0 atom stereocenters. The molecule has 2 amide bonds. The maximum atomic E-state index is 12.5. The van der Waals surface area contributed by atoms with E-state index < -0.39 is 0 Å². The summed E-state index contributed by atoms with van der Waals surface area (Å²) in [7, 11) is 0. The van der Waals surface area contributed by atoms with Crippen molar-refractivity contribution in [2.75, 3.05) is 44.6 Å². The summed E-state index contributed by atoms with van der Waals surface area (Å²) in [5, 5.41) is 6.65. The third-order valence-corrected chi connectivity index (χ3v) is 6.45. The molecule has 1 fully saturated rings. The number of piperazine rings is 1. The van der Waals surface area contributed by atoms with Crippen LogP contribution >= 0.6 is 11.6 Å². The van der Waals surface area contributed by atoms with Crippen molar-refractivity contribution < 1.29 is 14.0 Å². The van der Waals surface area contributed by atoms with E-state index in [2.05, 4.69) is 20.4 Å². The molecule has 0 spiro atoms. The van der Waals surface area contributed by atoms with Crippen LogP contribution in [0.1, 0.15) is 16.9 Å². The molecule has 184 valence electrons. The standard InChI is InChI=1S/C27H31ClN4O3/c1-19-4-3-5-20(2)27(19)30-26(34)18-32-14-12-31(13-15-32)17-25(33)29-16-23-10-11-24(35-23)21-6-8-22(28)9-7-21/h3-11H,12-18H2,1-2H3,(H,29,33)(H,30,34). The van der Waals surface area contributed by atoms with Gasteiger partial charge in [0.05, 0.1) is 19.6 Å². The molecule has 2 N–H and O–H groups in total. The number of furan rings is 1. The van der Waals surface area contributed by atoms with Crippen molar-refractivity contribution in [3.63, 3.8) is 0 Å². The number of nitrogens with one attached hydrogen (secondary N) is 2. The summed E-state index contributed by atoms with van der Waals surface area (Å²) < 4.78 is 5.84. The van der Waals surface area contributed by atoms with Gasteiger partial charge in [-0.1, -0.05) is 29.8 Å². The van der Waals surface area contributed by atoms with Crippen LogP contribution in [0, 0.1) is 13.8 Å². The van der Waals surface area contributed by atoms with Crippen LogP contribution in [-0.2, 0) is 16.1 Å². The predicted octanol–water partition coefficient (Wildman–Crippen LogP) is 4.09. The number of amides is 2. The Morgan fingerprint density at radius 1 is 0.857 bits per heavy atom. The van der Waals surface area contributed by atoms with Crippen LogP contribution in [-0.4, -0.2) is 60.9 Å². The Balaban J connectivity index is 1.17. The molecule has 0 aliphatic carbocycles. The van der Waals surface area contributed by atoms with Gasteiger partial charge in [0.15, 0.2) is 0 Å². The molecule has 0 unspecified atom stereocenters. The highest BCUT2D eigenvalue weighted by Gasteiger charge is 2.21. The minimum absolute atomic E-state index is 0.00925. The average molecular weight is 495 g/mol. The third-order valence-electron chi connectivity index (χ3n) is 6.20. The number of nitrogens with zero attached hydrogens (tertiary/aromatic N) is 2. The summed E-state index contributed by atoms with van der Waals surface area (Å²) >= 11 is 5.94. The van der Waals surface area contributed by atoms with Crippen LogP contribution in [0.25, 0.3) is 11.3 Å². The van der Waals surface area contributed by atoms with Gasteiger partial charge < -0.3 is 15.1 Å². The van der Waals surface area contributed by atoms with Crippen molar-refractivity contribution in [1.82, 2.24) is 15.1 Å². The molecule has 35 heavy (non-hydrogen) atoms. The number of carbonyl (C=O) groups is 2. The minimum Gasteiger partial charge on any atom is -0.459 e. The summed E-state index contributed by atoms with van der Waals surface area (Å²) in [6.07, 6.45) is 0. The van der Waals surface area contributed by atoms with Crippen molar-refractivity contribution in [2.45, 2.75) is 20.4 Å². The Morgan fingerprint density at radius 2 is 1.46 bits per heavy atom. The number of carbonyl (C=O) groups excluding carboxylic acids is 2. The number of benzene rings is 2. The lowest BCUT2D eigenvalue weighted by Gasteiger charge is -2.33. The highest BCUT2D eigenvalue weighted by Crippen LogP contribution is 2.24. The highest BCUT2D eigenvalue weighted by atomic mass is 35.5. The van der Waals surface area contributed by atoms with Gasteiger partial charge in [-0.15, -0.1) is 0 Å². The molecule has 3 aromatic rings. The van der Waals surface area contributed by atoms with Crippen LogP contribution in [0.5, 0.6) is 0 Å². The van der Waals surface area contributed by atoms with Gasteiger partial charge in [0.2, 0.25) is 11.8 Å². The zero-order chi connectivity index (χ0) is 24.8. The van der Waals surface area contributed by atoms with E-state index >= 15 is 0 Å². The van der Waals surface area contributed by atoms with Gasteiger partial charge in [-0.25, -0.2) is 0 Å². The van der Waals surface area contributed by atoms with Crippen molar-refractivity contribution in [3.05, 3.63) is 76.5 Å². The number of hydrogen-bond acceptors (Lipinski definition) is 5. The number of anilines is 1. The van der Waals surface area contributed by atoms with Crippen molar-refractivity contribution >= 4 is 29.1 Å². The molecule has 0 radical (unpaired) electrons. The second-order valence-electron chi connectivity index (χ2n) is 8.92. The maximum Gasteiger partial charge on any atom is 0.238 e. The maximum absolute atomic E-state index is 12.5. The van der Waals surface area contributed by atoms with Crippen LogP contribution in [0.3, 0.4) is 0 Å². The van der Waals surface area contributed by atoms with Gasteiger partial charge in [-0.3, -0.25) is 19.4 Å². The number of halogens is 1. The van der Waals surface area contributed by atoms with Gasteiger partial charge in [0, 0.05) is 42.5 Å². The molecule has 0 saturated carbocycles. The molecule has 4 rings (SSSR count). The Labute approximate surface area is 211 Å². The normalized spacial score (nSPS) is 14.6. The Kier molecular flexibility index (Phi) is 8.23. The zero-order valence-electron chi connectivity index (χ0n) is 20.1. The first-order valence-electron chi connectivity index (χ1n) is 11.8. The van der Waals surface area contributed by atoms with Crippen molar-refractivity contribution in [2.24, 2.45) is 0 Å². The molecule has 7 nitrogen and oxygen atoms in total. The predicted molar refractivity (Wildman–Crippen MR) is 138 cm³/mol. The lowest BCUT2D eigenvalue weighted by molar-refractivity contribution is -0.123. The number of hydrogen-bond donors (Lipinski definition) is 2. The van der Waals surface area contributed by atoms with E-state index in [0.29, 0.717) is 30.4 Å². The molecule has 0 bridgehead atoms.